The third-order valence-electron chi connectivity index (χ3n) is 2.47. The lowest BCUT2D eigenvalue weighted by atomic mass is 10.2. The molecule has 0 amide bonds. The average molecular weight is 222 g/mol. The number of nitrogens with zero attached hydrogens (tertiary/aromatic N) is 2. The Morgan fingerprint density at radius 3 is 2.31 bits per heavy atom. The summed E-state index contributed by atoms with van der Waals surface area (Å²) in [6, 6.07) is 0. The van der Waals surface area contributed by atoms with Crippen molar-refractivity contribution in [3.05, 3.63) is 22.8 Å². The molecule has 1 aromatic rings. The van der Waals surface area contributed by atoms with Crippen LogP contribution in [0.5, 0.6) is 0 Å². The van der Waals surface area contributed by atoms with E-state index in [-0.39, 0.29) is 11.4 Å². The molecular weight excluding hydrogens is 212 g/mol. The second-order valence-corrected chi connectivity index (χ2v) is 3.64. The zero-order chi connectivity index (χ0) is 11.7. The highest BCUT2D eigenvalue weighted by Gasteiger charge is 2.22. The Labute approximate surface area is 91.0 Å². The fourth-order valence-electron chi connectivity index (χ4n) is 1.81. The lowest BCUT2D eigenvalue weighted by molar-refractivity contribution is -0.136. The maximum absolute atomic E-state index is 10.9. The standard InChI is InChI=1S/C10H10N2O4/c13-8(14)4-7-9(10(15)16)12-6-3-1-2-5(6)11-7/h1-4H2,(H,13,14)(H,15,16). The van der Waals surface area contributed by atoms with Gasteiger partial charge in [-0.1, -0.05) is 0 Å². The third-order valence-corrected chi connectivity index (χ3v) is 2.47. The second kappa shape index (κ2) is 3.88. The number of hydrogen-bond donors (Lipinski definition) is 2. The summed E-state index contributed by atoms with van der Waals surface area (Å²) < 4.78 is 0. The van der Waals surface area contributed by atoms with Gasteiger partial charge >= 0.3 is 11.9 Å². The van der Waals surface area contributed by atoms with E-state index < -0.39 is 18.4 Å². The average Bonchev–Trinajstić information content (AvgIpc) is 2.62. The summed E-state index contributed by atoms with van der Waals surface area (Å²) in [6.45, 7) is 0. The van der Waals surface area contributed by atoms with Gasteiger partial charge in [-0.25, -0.2) is 9.78 Å². The molecule has 6 heteroatoms. The van der Waals surface area contributed by atoms with Crippen molar-refractivity contribution in [1.29, 1.82) is 0 Å². The number of hydrogen-bond acceptors (Lipinski definition) is 4. The molecule has 1 aliphatic rings. The van der Waals surface area contributed by atoms with Gasteiger partial charge in [0, 0.05) is 0 Å². The maximum Gasteiger partial charge on any atom is 0.356 e. The molecule has 0 spiro atoms. The molecule has 1 aliphatic carbocycles. The first kappa shape index (κ1) is 10.5. The fraction of sp³-hybridized carbons (Fsp3) is 0.400. The van der Waals surface area contributed by atoms with Crippen molar-refractivity contribution in [3.8, 4) is 0 Å². The lowest BCUT2D eigenvalue weighted by Crippen LogP contribution is -2.14. The van der Waals surface area contributed by atoms with Crippen molar-refractivity contribution >= 4 is 11.9 Å². The van der Waals surface area contributed by atoms with Gasteiger partial charge in [-0.3, -0.25) is 9.78 Å². The highest BCUT2D eigenvalue weighted by Crippen LogP contribution is 2.20. The van der Waals surface area contributed by atoms with Gasteiger partial charge in [0.1, 0.15) is 0 Å². The molecule has 0 saturated carbocycles. The van der Waals surface area contributed by atoms with Crippen LogP contribution in [0.2, 0.25) is 0 Å². The van der Waals surface area contributed by atoms with Crippen molar-refractivity contribution in [3.63, 3.8) is 0 Å². The Morgan fingerprint density at radius 1 is 1.12 bits per heavy atom. The molecule has 0 aliphatic heterocycles. The van der Waals surface area contributed by atoms with Crippen molar-refractivity contribution < 1.29 is 19.8 Å². The van der Waals surface area contributed by atoms with Gasteiger partial charge in [-0.15, -0.1) is 0 Å². The summed E-state index contributed by atoms with van der Waals surface area (Å²) in [7, 11) is 0. The summed E-state index contributed by atoms with van der Waals surface area (Å²) in [5.74, 6) is -2.33. The third kappa shape index (κ3) is 1.86. The van der Waals surface area contributed by atoms with Gasteiger partial charge in [0.05, 0.1) is 23.5 Å². The van der Waals surface area contributed by atoms with Gasteiger partial charge in [0.2, 0.25) is 0 Å². The molecule has 84 valence electrons. The molecule has 0 unspecified atom stereocenters. The number of rotatable bonds is 3. The van der Waals surface area contributed by atoms with Gasteiger partial charge < -0.3 is 10.2 Å². The molecule has 0 bridgehead atoms. The van der Waals surface area contributed by atoms with Crippen molar-refractivity contribution in [2.24, 2.45) is 0 Å². The Morgan fingerprint density at radius 2 is 1.75 bits per heavy atom. The number of carboxylic acid groups (broad SMARTS) is 2. The van der Waals surface area contributed by atoms with E-state index in [9.17, 15) is 9.59 Å². The lowest BCUT2D eigenvalue weighted by Gasteiger charge is -2.05. The SMILES string of the molecule is O=C(O)Cc1nc2c(nc1C(=O)O)CCC2. The Balaban J connectivity index is 2.48. The van der Waals surface area contributed by atoms with Gasteiger partial charge in [-0.05, 0) is 19.3 Å². The molecule has 1 aromatic heterocycles. The molecular formula is C10H10N2O4. The van der Waals surface area contributed by atoms with E-state index in [0.717, 1.165) is 25.0 Å². The molecule has 0 saturated heterocycles. The van der Waals surface area contributed by atoms with Gasteiger partial charge in [0.25, 0.3) is 0 Å². The second-order valence-electron chi connectivity index (χ2n) is 3.64. The largest absolute Gasteiger partial charge is 0.481 e. The number of aromatic nitrogens is 2. The smallest absolute Gasteiger partial charge is 0.356 e. The first-order chi connectivity index (χ1) is 7.58. The van der Waals surface area contributed by atoms with Crippen LogP contribution in [0.25, 0.3) is 0 Å². The van der Waals surface area contributed by atoms with E-state index in [1.807, 2.05) is 0 Å². The van der Waals surface area contributed by atoms with E-state index in [4.69, 9.17) is 10.2 Å². The van der Waals surface area contributed by atoms with E-state index in [2.05, 4.69) is 9.97 Å². The molecule has 6 nitrogen and oxygen atoms in total. The van der Waals surface area contributed by atoms with E-state index >= 15 is 0 Å². The van der Waals surface area contributed by atoms with Crippen molar-refractivity contribution in [2.45, 2.75) is 25.7 Å². The highest BCUT2D eigenvalue weighted by molar-refractivity contribution is 5.88. The van der Waals surface area contributed by atoms with Crippen LogP contribution in [-0.4, -0.2) is 32.1 Å². The summed E-state index contributed by atoms with van der Waals surface area (Å²) in [5, 5.41) is 17.6. The van der Waals surface area contributed by atoms with Crippen LogP contribution in [-0.2, 0) is 24.1 Å². The molecule has 0 fully saturated rings. The quantitative estimate of drug-likeness (QED) is 0.762. The van der Waals surface area contributed by atoms with Gasteiger partial charge in [-0.2, -0.15) is 0 Å². The van der Waals surface area contributed by atoms with Crippen LogP contribution in [0.15, 0.2) is 0 Å². The number of carbonyl (C=O) groups is 2. The van der Waals surface area contributed by atoms with E-state index in [1.165, 1.54) is 0 Å². The van der Waals surface area contributed by atoms with Crippen LogP contribution in [0.4, 0.5) is 0 Å². The first-order valence-electron chi connectivity index (χ1n) is 4.91. The minimum atomic E-state index is -1.22. The van der Waals surface area contributed by atoms with Crippen LogP contribution in [0.1, 0.15) is 34.0 Å². The number of aromatic carboxylic acids is 1. The minimum Gasteiger partial charge on any atom is -0.481 e. The summed E-state index contributed by atoms with van der Waals surface area (Å²) in [6.07, 6.45) is 1.96. The maximum atomic E-state index is 10.9. The van der Waals surface area contributed by atoms with E-state index in [0.29, 0.717) is 5.69 Å². The fourth-order valence-corrected chi connectivity index (χ4v) is 1.81. The van der Waals surface area contributed by atoms with Crippen LogP contribution in [0.3, 0.4) is 0 Å². The van der Waals surface area contributed by atoms with Crippen LogP contribution < -0.4 is 0 Å². The predicted octanol–water partition coefficient (Wildman–Crippen LogP) is 0.291. The number of aryl methyl sites for hydroxylation is 2. The Kier molecular flexibility index (Phi) is 2.55. The van der Waals surface area contributed by atoms with Gasteiger partial charge in [0.15, 0.2) is 5.69 Å². The zero-order valence-electron chi connectivity index (χ0n) is 8.43. The number of carboxylic acids is 2. The molecule has 16 heavy (non-hydrogen) atoms. The van der Waals surface area contributed by atoms with Crippen molar-refractivity contribution in [1.82, 2.24) is 9.97 Å². The Hall–Kier alpha value is -1.98. The normalized spacial score (nSPS) is 13.5. The summed E-state index contributed by atoms with van der Waals surface area (Å²) in [5.41, 5.74) is 1.23. The molecule has 2 N–H and O–H groups in total. The molecule has 0 radical (unpaired) electrons. The van der Waals surface area contributed by atoms with Crippen LogP contribution in [0, 0.1) is 0 Å². The monoisotopic (exact) mass is 222 g/mol. The van der Waals surface area contributed by atoms with Crippen LogP contribution >= 0.6 is 0 Å². The summed E-state index contributed by atoms with van der Waals surface area (Å²) in [4.78, 5) is 29.6. The number of aliphatic carboxylic acids is 1. The first-order valence-corrected chi connectivity index (χ1v) is 4.91. The molecule has 0 atom stereocenters. The Bertz CT molecular complexity index is 470. The van der Waals surface area contributed by atoms with E-state index in [1.54, 1.807) is 0 Å². The summed E-state index contributed by atoms with van der Waals surface area (Å²) >= 11 is 0. The number of fused-ring (bicyclic) bond motifs is 1. The topological polar surface area (TPSA) is 100 Å². The molecule has 0 aromatic carbocycles. The molecule has 2 rings (SSSR count). The highest BCUT2D eigenvalue weighted by atomic mass is 16.4. The molecule has 1 heterocycles. The zero-order valence-corrected chi connectivity index (χ0v) is 8.43. The minimum absolute atomic E-state index is 0.0423. The van der Waals surface area contributed by atoms with Crippen molar-refractivity contribution in [2.75, 3.05) is 0 Å². The predicted molar refractivity (Wildman–Crippen MR) is 52.4 cm³/mol.